The summed E-state index contributed by atoms with van der Waals surface area (Å²) in [6.45, 7) is 0. The number of fused-ring (bicyclic) bond motifs is 2. The summed E-state index contributed by atoms with van der Waals surface area (Å²) >= 11 is 7.59. The maximum atomic E-state index is 6.09. The monoisotopic (exact) mass is 365 g/mol. The Labute approximate surface area is 150 Å². The molecule has 5 aromatic rings. The van der Waals surface area contributed by atoms with Gasteiger partial charge in [-0.05, 0) is 35.9 Å². The number of thiazole rings is 1. The highest BCUT2D eigenvalue weighted by Gasteiger charge is 2.17. The van der Waals surface area contributed by atoms with Crippen LogP contribution >= 0.6 is 22.9 Å². The SMILES string of the molecule is Clc1nc(-c2nc3ccccc3o2)nc(-c2nc3ccccc3s2)n1. The molecule has 0 atom stereocenters. The summed E-state index contributed by atoms with van der Waals surface area (Å²) < 4.78 is 6.77. The van der Waals surface area contributed by atoms with E-state index in [0.29, 0.717) is 22.3 Å². The number of para-hydroxylation sites is 3. The fourth-order valence-corrected chi connectivity index (χ4v) is 3.54. The molecule has 8 heteroatoms. The van der Waals surface area contributed by atoms with Crippen molar-refractivity contribution in [3.63, 3.8) is 0 Å². The lowest BCUT2D eigenvalue weighted by Gasteiger charge is -1.98. The highest BCUT2D eigenvalue weighted by molar-refractivity contribution is 7.21. The molecule has 0 N–H and O–H groups in total. The van der Waals surface area contributed by atoms with Crippen LogP contribution < -0.4 is 0 Å². The normalized spacial score (nSPS) is 11.4. The lowest BCUT2D eigenvalue weighted by Crippen LogP contribution is -1.97. The van der Waals surface area contributed by atoms with E-state index in [1.165, 1.54) is 11.3 Å². The van der Waals surface area contributed by atoms with E-state index in [1.807, 2.05) is 48.5 Å². The fraction of sp³-hybridized carbons (Fsp3) is 0. The summed E-state index contributed by atoms with van der Waals surface area (Å²) in [5.41, 5.74) is 2.29. The predicted molar refractivity (Wildman–Crippen MR) is 96.5 cm³/mol. The highest BCUT2D eigenvalue weighted by Crippen LogP contribution is 2.30. The zero-order valence-corrected chi connectivity index (χ0v) is 14.1. The first-order valence-corrected chi connectivity index (χ1v) is 8.59. The first-order chi connectivity index (χ1) is 12.3. The van der Waals surface area contributed by atoms with Gasteiger partial charge in [-0.2, -0.15) is 9.97 Å². The number of oxazole rings is 1. The van der Waals surface area contributed by atoms with Gasteiger partial charge < -0.3 is 4.42 Å². The second-order valence-corrected chi connectivity index (χ2v) is 6.59. The van der Waals surface area contributed by atoms with Crippen molar-refractivity contribution in [2.24, 2.45) is 0 Å². The molecule has 25 heavy (non-hydrogen) atoms. The molecule has 5 rings (SSSR count). The van der Waals surface area contributed by atoms with E-state index < -0.39 is 0 Å². The summed E-state index contributed by atoms with van der Waals surface area (Å²) in [5.74, 6) is 0.983. The summed E-state index contributed by atoms with van der Waals surface area (Å²) in [4.78, 5) is 21.8. The zero-order chi connectivity index (χ0) is 16.8. The first-order valence-electron chi connectivity index (χ1n) is 7.40. The van der Waals surface area contributed by atoms with Gasteiger partial charge in [-0.15, -0.1) is 11.3 Å². The van der Waals surface area contributed by atoms with E-state index in [4.69, 9.17) is 16.0 Å². The van der Waals surface area contributed by atoms with Gasteiger partial charge in [0.25, 0.3) is 5.89 Å². The molecular formula is C17H8ClN5OS. The maximum absolute atomic E-state index is 6.09. The number of halogens is 1. The van der Waals surface area contributed by atoms with Gasteiger partial charge >= 0.3 is 0 Å². The number of hydrogen-bond acceptors (Lipinski definition) is 7. The van der Waals surface area contributed by atoms with Crippen LogP contribution in [0.5, 0.6) is 0 Å². The standard InChI is InChI=1S/C17H8ClN5OS/c18-17-22-13(15-19-9-5-1-3-7-11(9)24-15)21-14(23-17)16-20-10-6-2-4-8-12(10)25-16/h1-8H. The molecule has 2 aromatic carbocycles. The van der Waals surface area contributed by atoms with E-state index in [1.54, 1.807) is 0 Å². The van der Waals surface area contributed by atoms with Crippen molar-refractivity contribution in [3.05, 3.63) is 53.8 Å². The molecule has 3 aromatic heterocycles. The molecule has 0 spiro atoms. The van der Waals surface area contributed by atoms with Crippen LogP contribution in [0.3, 0.4) is 0 Å². The maximum Gasteiger partial charge on any atom is 0.266 e. The van der Waals surface area contributed by atoms with Gasteiger partial charge in [0.05, 0.1) is 10.2 Å². The lowest BCUT2D eigenvalue weighted by molar-refractivity contribution is 0.612. The number of hydrogen-bond donors (Lipinski definition) is 0. The van der Waals surface area contributed by atoms with Crippen LogP contribution in [0.2, 0.25) is 5.28 Å². The number of rotatable bonds is 2. The molecular weight excluding hydrogens is 358 g/mol. The van der Waals surface area contributed by atoms with Crippen molar-refractivity contribution in [2.75, 3.05) is 0 Å². The van der Waals surface area contributed by atoms with Crippen molar-refractivity contribution in [2.45, 2.75) is 0 Å². The van der Waals surface area contributed by atoms with Gasteiger partial charge in [0.1, 0.15) is 5.52 Å². The lowest BCUT2D eigenvalue weighted by atomic mass is 10.3. The smallest absolute Gasteiger partial charge is 0.266 e. The number of aromatic nitrogens is 5. The van der Waals surface area contributed by atoms with Crippen molar-refractivity contribution >= 4 is 44.3 Å². The Morgan fingerprint density at radius 3 is 2.36 bits per heavy atom. The van der Waals surface area contributed by atoms with Crippen molar-refractivity contribution in [1.29, 1.82) is 0 Å². The Bertz CT molecular complexity index is 1070. The van der Waals surface area contributed by atoms with Crippen LogP contribution in [0.1, 0.15) is 0 Å². The molecule has 0 amide bonds. The van der Waals surface area contributed by atoms with Crippen molar-refractivity contribution in [1.82, 2.24) is 24.9 Å². The van der Waals surface area contributed by atoms with E-state index in [-0.39, 0.29) is 11.1 Å². The van der Waals surface area contributed by atoms with Crippen LogP contribution in [0.15, 0.2) is 52.9 Å². The average Bonchev–Trinajstić information content (AvgIpc) is 3.25. The van der Waals surface area contributed by atoms with Gasteiger partial charge in [0, 0.05) is 0 Å². The molecule has 0 aliphatic rings. The summed E-state index contributed by atoms with van der Waals surface area (Å²) in [6.07, 6.45) is 0. The van der Waals surface area contributed by atoms with Gasteiger partial charge in [-0.25, -0.2) is 15.0 Å². The second kappa shape index (κ2) is 5.58. The Morgan fingerprint density at radius 2 is 1.52 bits per heavy atom. The summed E-state index contributed by atoms with van der Waals surface area (Å²) in [7, 11) is 0. The third kappa shape index (κ3) is 2.54. The number of benzene rings is 2. The minimum Gasteiger partial charge on any atom is -0.434 e. The van der Waals surface area contributed by atoms with Crippen molar-refractivity contribution in [3.8, 4) is 22.5 Å². The minimum absolute atomic E-state index is 0.0708. The fourth-order valence-electron chi connectivity index (χ4n) is 2.48. The third-order valence-corrected chi connectivity index (χ3v) is 4.78. The topological polar surface area (TPSA) is 77.6 Å². The molecule has 0 aliphatic heterocycles. The molecule has 0 fully saturated rings. The van der Waals surface area contributed by atoms with Gasteiger partial charge in [0.15, 0.2) is 16.4 Å². The Morgan fingerprint density at radius 1 is 0.760 bits per heavy atom. The Kier molecular flexibility index (Phi) is 3.22. The molecule has 6 nitrogen and oxygen atoms in total. The van der Waals surface area contributed by atoms with E-state index >= 15 is 0 Å². The van der Waals surface area contributed by atoms with E-state index in [9.17, 15) is 0 Å². The molecule has 0 aliphatic carbocycles. The van der Waals surface area contributed by atoms with Crippen molar-refractivity contribution < 1.29 is 4.42 Å². The van der Waals surface area contributed by atoms with E-state index in [0.717, 1.165) is 15.7 Å². The van der Waals surface area contributed by atoms with Gasteiger partial charge in [-0.3, -0.25) is 0 Å². The summed E-state index contributed by atoms with van der Waals surface area (Å²) in [6, 6.07) is 15.3. The Balaban J connectivity index is 1.66. The minimum atomic E-state index is 0.0708. The molecule has 0 radical (unpaired) electrons. The molecule has 3 heterocycles. The van der Waals surface area contributed by atoms with Gasteiger partial charge in [-0.1, -0.05) is 24.3 Å². The van der Waals surface area contributed by atoms with Crippen LogP contribution in [0.4, 0.5) is 0 Å². The largest absolute Gasteiger partial charge is 0.434 e. The van der Waals surface area contributed by atoms with Gasteiger partial charge in [0.2, 0.25) is 11.1 Å². The molecule has 0 saturated carbocycles. The Hall–Kier alpha value is -2.90. The van der Waals surface area contributed by atoms with Crippen LogP contribution in [0.25, 0.3) is 43.9 Å². The summed E-state index contributed by atoms with van der Waals surface area (Å²) in [5, 5.41) is 0.740. The zero-order valence-electron chi connectivity index (χ0n) is 12.5. The third-order valence-electron chi connectivity index (χ3n) is 3.58. The molecule has 0 unspecified atom stereocenters. The quantitative estimate of drug-likeness (QED) is 0.454. The predicted octanol–water partition coefficient (Wildman–Crippen LogP) is 4.61. The van der Waals surface area contributed by atoms with E-state index in [2.05, 4.69) is 24.9 Å². The van der Waals surface area contributed by atoms with Crippen LogP contribution in [-0.4, -0.2) is 24.9 Å². The molecule has 0 bridgehead atoms. The highest BCUT2D eigenvalue weighted by atomic mass is 35.5. The molecule has 120 valence electrons. The second-order valence-electron chi connectivity index (χ2n) is 5.23. The first kappa shape index (κ1) is 14.4. The molecule has 0 saturated heterocycles. The average molecular weight is 366 g/mol. The van der Waals surface area contributed by atoms with Crippen LogP contribution in [-0.2, 0) is 0 Å². The van der Waals surface area contributed by atoms with Crippen LogP contribution in [0, 0.1) is 0 Å². The number of nitrogens with zero attached hydrogens (tertiary/aromatic N) is 5.